The quantitative estimate of drug-likeness (QED) is 0.582. The molecule has 0 atom stereocenters. The fourth-order valence-corrected chi connectivity index (χ4v) is 4.97. The summed E-state index contributed by atoms with van der Waals surface area (Å²) in [5.41, 5.74) is 1.07. The summed E-state index contributed by atoms with van der Waals surface area (Å²) in [5.74, 6) is 0.0630. The summed E-state index contributed by atoms with van der Waals surface area (Å²) in [5, 5.41) is 0. The van der Waals surface area contributed by atoms with E-state index < -0.39 is 20.0 Å². The lowest BCUT2D eigenvalue weighted by Gasteiger charge is -2.08. The van der Waals surface area contributed by atoms with Crippen LogP contribution in [0.5, 0.6) is 0 Å². The Kier molecular flexibility index (Phi) is 7.27. The Morgan fingerprint density at radius 3 is 1.23 bits per heavy atom. The average Bonchev–Trinajstić information content (AvgIpc) is 2.62. The van der Waals surface area contributed by atoms with Gasteiger partial charge in [0.2, 0.25) is 20.0 Å². The molecule has 0 radical (unpaired) electrons. The van der Waals surface area contributed by atoms with Crippen LogP contribution in [0.1, 0.15) is 13.8 Å². The maximum absolute atomic E-state index is 11.5. The van der Waals surface area contributed by atoms with Crippen LogP contribution in [0.2, 0.25) is 0 Å². The molecule has 0 spiro atoms. The molecular weight excluding hydrogens is 412 g/mol. The third-order valence-corrected chi connectivity index (χ3v) is 8.28. The third kappa shape index (κ3) is 6.75. The summed E-state index contributed by atoms with van der Waals surface area (Å²) >= 11 is 0. The van der Waals surface area contributed by atoms with Gasteiger partial charge in [0.05, 0.1) is 11.5 Å². The van der Waals surface area contributed by atoms with Gasteiger partial charge in [0, 0.05) is 21.2 Å². The maximum Gasteiger partial charge on any atom is 0.232 e. The second-order valence-electron chi connectivity index (χ2n) is 5.23. The highest BCUT2D eigenvalue weighted by Gasteiger charge is 2.08. The minimum atomic E-state index is -3.27. The van der Waals surface area contributed by atoms with Crippen molar-refractivity contribution in [2.45, 2.75) is 23.6 Å². The van der Waals surface area contributed by atoms with Crippen LogP contribution in [-0.4, -0.2) is 28.3 Å². The fraction of sp³-hybridized carbons (Fsp3) is 0.250. The minimum absolute atomic E-state index is 0.0315. The second-order valence-corrected chi connectivity index (χ2v) is 11.5. The molecule has 6 nitrogen and oxygen atoms in total. The van der Waals surface area contributed by atoms with Gasteiger partial charge in [-0.15, -0.1) is 0 Å². The lowest BCUT2D eigenvalue weighted by atomic mass is 10.3. The number of anilines is 2. The Hall–Kier alpha value is -1.36. The van der Waals surface area contributed by atoms with Crippen molar-refractivity contribution in [3.05, 3.63) is 48.5 Å². The summed E-state index contributed by atoms with van der Waals surface area (Å²) < 4.78 is 51.1. The zero-order valence-electron chi connectivity index (χ0n) is 14.3. The molecule has 2 aromatic rings. The van der Waals surface area contributed by atoms with Crippen molar-refractivity contribution < 1.29 is 16.8 Å². The zero-order valence-corrected chi connectivity index (χ0v) is 17.6. The van der Waals surface area contributed by atoms with E-state index in [1.165, 1.54) is 21.6 Å². The van der Waals surface area contributed by atoms with Crippen LogP contribution in [0.4, 0.5) is 11.4 Å². The molecule has 0 heterocycles. The van der Waals surface area contributed by atoms with Gasteiger partial charge in [-0.05, 0) is 62.4 Å². The van der Waals surface area contributed by atoms with E-state index in [2.05, 4.69) is 9.44 Å². The summed E-state index contributed by atoms with van der Waals surface area (Å²) in [6.45, 7) is 3.17. The topological polar surface area (TPSA) is 92.3 Å². The van der Waals surface area contributed by atoms with E-state index in [1.807, 2.05) is 24.3 Å². The normalized spacial score (nSPS) is 11.9. The van der Waals surface area contributed by atoms with Crippen molar-refractivity contribution in [2.24, 2.45) is 0 Å². The standard InChI is InChI=1S/C16H20N2O4S4/c1-3-25(19,20)17-13-5-9-15(10-6-13)23-24-16-11-7-14(8-12-16)18-26(21,22)4-2/h5-12,17-18H,3-4H2,1-2H3. The molecule has 2 rings (SSSR count). The number of nitrogens with one attached hydrogen (secondary N) is 2. The Morgan fingerprint density at radius 2 is 0.962 bits per heavy atom. The van der Waals surface area contributed by atoms with Gasteiger partial charge in [-0.25, -0.2) is 16.8 Å². The lowest BCUT2D eigenvalue weighted by Crippen LogP contribution is -2.14. The molecule has 0 aliphatic rings. The van der Waals surface area contributed by atoms with Gasteiger partial charge in [0.15, 0.2) is 0 Å². The largest absolute Gasteiger partial charge is 0.284 e. The highest BCUT2D eigenvalue weighted by atomic mass is 33.1. The van der Waals surface area contributed by atoms with Crippen LogP contribution >= 0.6 is 21.6 Å². The number of hydrogen-bond donors (Lipinski definition) is 2. The molecule has 2 N–H and O–H groups in total. The first-order valence-electron chi connectivity index (χ1n) is 7.78. The smallest absolute Gasteiger partial charge is 0.232 e. The lowest BCUT2D eigenvalue weighted by molar-refractivity contribution is 0.600. The highest BCUT2D eigenvalue weighted by Crippen LogP contribution is 2.38. The fourth-order valence-electron chi connectivity index (χ4n) is 1.76. The predicted molar refractivity (Wildman–Crippen MR) is 111 cm³/mol. The average molecular weight is 433 g/mol. The highest BCUT2D eigenvalue weighted by molar-refractivity contribution is 8.76. The monoisotopic (exact) mass is 432 g/mol. The van der Waals surface area contributed by atoms with E-state index in [-0.39, 0.29) is 11.5 Å². The third-order valence-electron chi connectivity index (χ3n) is 3.25. The van der Waals surface area contributed by atoms with E-state index in [0.29, 0.717) is 11.4 Å². The van der Waals surface area contributed by atoms with Gasteiger partial charge in [-0.3, -0.25) is 9.44 Å². The molecule has 0 fully saturated rings. The van der Waals surface area contributed by atoms with Crippen molar-refractivity contribution >= 4 is 53.0 Å². The van der Waals surface area contributed by atoms with Gasteiger partial charge < -0.3 is 0 Å². The number of rotatable bonds is 9. The molecule has 2 aromatic carbocycles. The molecule has 0 aliphatic carbocycles. The Balaban J connectivity index is 1.92. The predicted octanol–water partition coefficient (Wildman–Crippen LogP) is 4.01. The van der Waals surface area contributed by atoms with E-state index >= 15 is 0 Å². The zero-order chi connectivity index (χ0) is 19.2. The van der Waals surface area contributed by atoms with E-state index in [0.717, 1.165) is 9.79 Å². The van der Waals surface area contributed by atoms with Crippen LogP contribution in [0, 0.1) is 0 Å². The maximum atomic E-state index is 11.5. The van der Waals surface area contributed by atoms with E-state index in [4.69, 9.17) is 0 Å². The molecule has 0 saturated heterocycles. The van der Waals surface area contributed by atoms with Gasteiger partial charge in [-0.1, -0.05) is 21.6 Å². The second kappa shape index (κ2) is 9.03. The van der Waals surface area contributed by atoms with Crippen LogP contribution < -0.4 is 9.44 Å². The van der Waals surface area contributed by atoms with Crippen molar-refractivity contribution in [2.75, 3.05) is 20.9 Å². The van der Waals surface area contributed by atoms with Crippen LogP contribution in [-0.2, 0) is 20.0 Å². The molecule has 10 heteroatoms. The van der Waals surface area contributed by atoms with Crippen molar-refractivity contribution in [3.63, 3.8) is 0 Å². The van der Waals surface area contributed by atoms with Crippen LogP contribution in [0.25, 0.3) is 0 Å². The SMILES string of the molecule is CCS(=O)(=O)Nc1ccc(SSc2ccc(NS(=O)(=O)CC)cc2)cc1. The molecule has 0 amide bonds. The summed E-state index contributed by atoms with van der Waals surface area (Å²) in [6, 6.07) is 14.3. The number of benzene rings is 2. The molecular formula is C16H20N2O4S4. The van der Waals surface area contributed by atoms with E-state index in [1.54, 1.807) is 38.1 Å². The van der Waals surface area contributed by atoms with Gasteiger partial charge in [0.25, 0.3) is 0 Å². The molecule has 0 aromatic heterocycles. The van der Waals surface area contributed by atoms with Gasteiger partial charge in [-0.2, -0.15) is 0 Å². The summed E-state index contributed by atoms with van der Waals surface area (Å²) in [6.07, 6.45) is 0. The van der Waals surface area contributed by atoms with Gasteiger partial charge in [0.1, 0.15) is 0 Å². The first-order chi connectivity index (χ1) is 12.2. The first kappa shape index (κ1) is 20.9. The molecule has 0 saturated carbocycles. The van der Waals surface area contributed by atoms with Gasteiger partial charge >= 0.3 is 0 Å². The Labute approximate surface area is 162 Å². The molecule has 0 bridgehead atoms. The van der Waals surface area contributed by atoms with Crippen LogP contribution in [0.3, 0.4) is 0 Å². The summed E-state index contributed by atoms with van der Waals surface area (Å²) in [4.78, 5) is 1.95. The molecule has 0 aliphatic heterocycles. The first-order valence-corrected chi connectivity index (χ1v) is 13.2. The molecule has 142 valence electrons. The van der Waals surface area contributed by atoms with Crippen molar-refractivity contribution in [3.8, 4) is 0 Å². The Bertz CT molecular complexity index is 846. The van der Waals surface area contributed by atoms with Crippen LogP contribution in [0.15, 0.2) is 58.3 Å². The molecule has 0 unspecified atom stereocenters. The summed E-state index contributed by atoms with van der Waals surface area (Å²) in [7, 11) is -3.48. The molecule has 26 heavy (non-hydrogen) atoms. The number of hydrogen-bond acceptors (Lipinski definition) is 6. The van der Waals surface area contributed by atoms with Crippen molar-refractivity contribution in [1.29, 1.82) is 0 Å². The Morgan fingerprint density at radius 1 is 0.654 bits per heavy atom. The minimum Gasteiger partial charge on any atom is -0.284 e. The number of sulfonamides is 2. The van der Waals surface area contributed by atoms with E-state index in [9.17, 15) is 16.8 Å². The van der Waals surface area contributed by atoms with Crippen molar-refractivity contribution in [1.82, 2.24) is 0 Å².